The minimum absolute atomic E-state index is 0.0978. The number of carboxylic acids is 1. The Morgan fingerprint density at radius 3 is 2.88 bits per heavy atom. The van der Waals surface area contributed by atoms with Crippen molar-refractivity contribution in [1.82, 2.24) is 4.98 Å². The first-order valence-electron chi connectivity index (χ1n) is 5.29. The van der Waals surface area contributed by atoms with Crippen LogP contribution in [0.15, 0.2) is 24.3 Å². The third kappa shape index (κ3) is 4.92. The molecule has 1 aromatic heterocycles. The number of hydrogen-bond donors (Lipinski definition) is 2. The standard InChI is InChI=1S/C12H14N2O3/c1-2-4-11(15)14-10-6-3-5-9(13-10)7-8-12(16)17/h3,5-8H,2,4H2,1H3,(H,16,17)(H,13,14,15). The van der Waals surface area contributed by atoms with Crippen molar-refractivity contribution >= 4 is 23.8 Å². The molecule has 1 heterocycles. The molecule has 0 radical (unpaired) electrons. The smallest absolute Gasteiger partial charge is 0.328 e. The Labute approximate surface area is 99.2 Å². The number of aliphatic carboxylic acids is 1. The molecule has 90 valence electrons. The maximum atomic E-state index is 11.3. The van der Waals surface area contributed by atoms with E-state index in [2.05, 4.69) is 10.3 Å². The first-order valence-corrected chi connectivity index (χ1v) is 5.29. The highest BCUT2D eigenvalue weighted by atomic mass is 16.4. The average molecular weight is 234 g/mol. The summed E-state index contributed by atoms with van der Waals surface area (Å²) in [5.41, 5.74) is 0.488. The normalized spacial score (nSPS) is 10.4. The van der Waals surface area contributed by atoms with Gasteiger partial charge < -0.3 is 10.4 Å². The second-order valence-electron chi connectivity index (χ2n) is 3.42. The van der Waals surface area contributed by atoms with Gasteiger partial charge in [0, 0.05) is 12.5 Å². The summed E-state index contributed by atoms with van der Waals surface area (Å²) < 4.78 is 0. The fourth-order valence-corrected chi connectivity index (χ4v) is 1.20. The van der Waals surface area contributed by atoms with E-state index >= 15 is 0 Å². The minimum Gasteiger partial charge on any atom is -0.478 e. The quantitative estimate of drug-likeness (QED) is 0.763. The lowest BCUT2D eigenvalue weighted by Gasteiger charge is -2.03. The molecule has 0 spiro atoms. The van der Waals surface area contributed by atoms with Gasteiger partial charge in [0.1, 0.15) is 5.82 Å². The van der Waals surface area contributed by atoms with Crippen LogP contribution in [0.4, 0.5) is 5.82 Å². The van der Waals surface area contributed by atoms with Gasteiger partial charge in [0.15, 0.2) is 0 Å². The van der Waals surface area contributed by atoms with Crippen molar-refractivity contribution in [3.05, 3.63) is 30.0 Å². The van der Waals surface area contributed by atoms with Crippen molar-refractivity contribution in [1.29, 1.82) is 0 Å². The highest BCUT2D eigenvalue weighted by Gasteiger charge is 2.01. The van der Waals surface area contributed by atoms with Crippen LogP contribution in [0.2, 0.25) is 0 Å². The predicted molar refractivity (Wildman–Crippen MR) is 64.4 cm³/mol. The summed E-state index contributed by atoms with van der Waals surface area (Å²) in [6.07, 6.45) is 3.58. The summed E-state index contributed by atoms with van der Waals surface area (Å²) in [5, 5.41) is 11.1. The van der Waals surface area contributed by atoms with Gasteiger partial charge >= 0.3 is 5.97 Å². The van der Waals surface area contributed by atoms with E-state index in [9.17, 15) is 9.59 Å². The van der Waals surface area contributed by atoms with Crippen molar-refractivity contribution < 1.29 is 14.7 Å². The molecule has 0 saturated carbocycles. The monoisotopic (exact) mass is 234 g/mol. The van der Waals surface area contributed by atoms with Gasteiger partial charge in [-0.3, -0.25) is 4.79 Å². The molecule has 0 unspecified atom stereocenters. The van der Waals surface area contributed by atoms with Crippen molar-refractivity contribution in [2.75, 3.05) is 5.32 Å². The van der Waals surface area contributed by atoms with E-state index in [1.54, 1.807) is 18.2 Å². The Hall–Kier alpha value is -2.17. The molecule has 0 aromatic carbocycles. The molecule has 17 heavy (non-hydrogen) atoms. The number of aromatic nitrogens is 1. The average Bonchev–Trinajstić information content (AvgIpc) is 2.27. The highest BCUT2D eigenvalue weighted by Crippen LogP contribution is 2.07. The van der Waals surface area contributed by atoms with Crippen molar-refractivity contribution in [2.45, 2.75) is 19.8 Å². The Morgan fingerprint density at radius 2 is 2.24 bits per heavy atom. The van der Waals surface area contributed by atoms with E-state index < -0.39 is 5.97 Å². The highest BCUT2D eigenvalue weighted by molar-refractivity contribution is 5.90. The predicted octanol–water partition coefficient (Wildman–Crippen LogP) is 1.92. The van der Waals surface area contributed by atoms with Gasteiger partial charge in [0.25, 0.3) is 0 Å². The Morgan fingerprint density at radius 1 is 1.47 bits per heavy atom. The zero-order valence-corrected chi connectivity index (χ0v) is 9.51. The maximum Gasteiger partial charge on any atom is 0.328 e. The molecular formula is C12H14N2O3. The minimum atomic E-state index is -1.03. The van der Waals surface area contributed by atoms with E-state index in [4.69, 9.17) is 5.11 Å². The molecule has 1 aromatic rings. The van der Waals surface area contributed by atoms with E-state index in [1.165, 1.54) is 6.08 Å². The fourth-order valence-electron chi connectivity index (χ4n) is 1.20. The summed E-state index contributed by atoms with van der Waals surface area (Å²) >= 11 is 0. The number of anilines is 1. The molecular weight excluding hydrogens is 220 g/mol. The van der Waals surface area contributed by atoms with Gasteiger partial charge in [0.05, 0.1) is 5.69 Å². The number of hydrogen-bond acceptors (Lipinski definition) is 3. The van der Waals surface area contributed by atoms with Gasteiger partial charge in [-0.25, -0.2) is 9.78 Å². The summed E-state index contributed by atoms with van der Waals surface area (Å²) in [4.78, 5) is 25.7. The van der Waals surface area contributed by atoms with Gasteiger partial charge in [-0.1, -0.05) is 13.0 Å². The lowest BCUT2D eigenvalue weighted by atomic mass is 10.3. The molecule has 2 N–H and O–H groups in total. The van der Waals surface area contributed by atoms with E-state index in [0.717, 1.165) is 12.5 Å². The lowest BCUT2D eigenvalue weighted by Crippen LogP contribution is -2.11. The number of carboxylic acid groups (broad SMARTS) is 1. The number of pyridine rings is 1. The summed E-state index contributed by atoms with van der Waals surface area (Å²) in [5.74, 6) is -0.706. The van der Waals surface area contributed by atoms with E-state index in [1.807, 2.05) is 6.92 Å². The fraction of sp³-hybridized carbons (Fsp3) is 0.250. The van der Waals surface area contributed by atoms with Gasteiger partial charge in [-0.05, 0) is 24.6 Å². The molecule has 0 fully saturated rings. The molecule has 0 saturated heterocycles. The molecule has 0 aliphatic carbocycles. The number of carbonyl (C=O) groups excluding carboxylic acids is 1. The molecule has 5 nitrogen and oxygen atoms in total. The number of carbonyl (C=O) groups is 2. The van der Waals surface area contributed by atoms with Crippen LogP contribution in [-0.4, -0.2) is 22.0 Å². The van der Waals surface area contributed by atoms with Crippen molar-refractivity contribution in [3.8, 4) is 0 Å². The van der Waals surface area contributed by atoms with Crippen LogP contribution in [0.1, 0.15) is 25.5 Å². The van der Waals surface area contributed by atoms with Crippen LogP contribution < -0.4 is 5.32 Å². The summed E-state index contributed by atoms with van der Waals surface area (Å²) in [6, 6.07) is 5.02. The van der Waals surface area contributed by atoms with Crippen LogP contribution in [0.25, 0.3) is 6.08 Å². The van der Waals surface area contributed by atoms with Gasteiger partial charge in [-0.2, -0.15) is 0 Å². The number of amides is 1. The van der Waals surface area contributed by atoms with Gasteiger partial charge in [-0.15, -0.1) is 0 Å². The topological polar surface area (TPSA) is 79.3 Å². The molecule has 0 aliphatic rings. The number of rotatable bonds is 5. The van der Waals surface area contributed by atoms with Crippen LogP contribution >= 0.6 is 0 Å². The van der Waals surface area contributed by atoms with E-state index in [-0.39, 0.29) is 5.91 Å². The third-order valence-electron chi connectivity index (χ3n) is 1.91. The zero-order chi connectivity index (χ0) is 12.7. The van der Waals surface area contributed by atoms with Crippen molar-refractivity contribution in [3.63, 3.8) is 0 Å². The number of nitrogens with one attached hydrogen (secondary N) is 1. The maximum absolute atomic E-state index is 11.3. The zero-order valence-electron chi connectivity index (χ0n) is 9.51. The van der Waals surface area contributed by atoms with Gasteiger partial charge in [0.2, 0.25) is 5.91 Å². The Balaban J connectivity index is 2.72. The third-order valence-corrected chi connectivity index (χ3v) is 1.91. The molecule has 1 rings (SSSR count). The molecule has 0 aliphatic heterocycles. The largest absolute Gasteiger partial charge is 0.478 e. The SMILES string of the molecule is CCCC(=O)Nc1cccc(C=CC(=O)O)n1. The second kappa shape index (κ2) is 6.42. The van der Waals surface area contributed by atoms with E-state index in [0.29, 0.717) is 17.9 Å². The van der Waals surface area contributed by atoms with Crippen molar-refractivity contribution in [2.24, 2.45) is 0 Å². The Kier molecular flexibility index (Phi) is 4.87. The van der Waals surface area contributed by atoms with Crippen LogP contribution in [0.3, 0.4) is 0 Å². The summed E-state index contributed by atoms with van der Waals surface area (Å²) in [7, 11) is 0. The summed E-state index contributed by atoms with van der Waals surface area (Å²) in [6.45, 7) is 1.92. The molecule has 0 atom stereocenters. The van der Waals surface area contributed by atoms with Crippen LogP contribution in [0.5, 0.6) is 0 Å². The first kappa shape index (κ1) is 12.9. The molecule has 1 amide bonds. The van der Waals surface area contributed by atoms with Crippen LogP contribution in [-0.2, 0) is 9.59 Å². The second-order valence-corrected chi connectivity index (χ2v) is 3.42. The molecule has 5 heteroatoms. The number of nitrogens with zero attached hydrogens (tertiary/aromatic N) is 1. The lowest BCUT2D eigenvalue weighted by molar-refractivity contribution is -0.131. The first-order chi connectivity index (χ1) is 8.11. The Bertz CT molecular complexity index is 441. The van der Waals surface area contributed by atoms with Crippen LogP contribution in [0, 0.1) is 0 Å². The molecule has 0 bridgehead atoms.